The Kier molecular flexibility index (Phi) is 5.77. The number of para-hydroxylation sites is 1. The van der Waals surface area contributed by atoms with Gasteiger partial charge in [-0.15, -0.1) is 0 Å². The first-order valence-electron chi connectivity index (χ1n) is 9.27. The molecule has 150 valence electrons. The van der Waals surface area contributed by atoms with Gasteiger partial charge in [0.05, 0.1) is 29.4 Å². The van der Waals surface area contributed by atoms with Gasteiger partial charge in [-0.1, -0.05) is 12.1 Å². The number of carbonyl (C=O) groups is 2. The summed E-state index contributed by atoms with van der Waals surface area (Å²) >= 11 is 0. The van der Waals surface area contributed by atoms with E-state index in [0.717, 1.165) is 16.6 Å². The molecule has 0 saturated carbocycles. The summed E-state index contributed by atoms with van der Waals surface area (Å²) in [6.07, 6.45) is 0.0703. The van der Waals surface area contributed by atoms with Gasteiger partial charge in [0, 0.05) is 13.0 Å². The highest BCUT2D eigenvalue weighted by Gasteiger charge is 2.15. The van der Waals surface area contributed by atoms with E-state index in [0.29, 0.717) is 16.9 Å². The van der Waals surface area contributed by atoms with E-state index in [-0.39, 0.29) is 30.0 Å². The Labute approximate surface area is 168 Å². The van der Waals surface area contributed by atoms with Crippen LogP contribution in [0.4, 0.5) is 5.69 Å². The zero-order valence-corrected chi connectivity index (χ0v) is 16.9. The number of nitrogens with one attached hydrogen (secondary N) is 1. The van der Waals surface area contributed by atoms with Crippen molar-refractivity contribution in [2.45, 2.75) is 33.7 Å². The summed E-state index contributed by atoms with van der Waals surface area (Å²) in [5.41, 5.74) is 4.38. The highest BCUT2D eigenvalue weighted by molar-refractivity contribution is 6.01. The maximum atomic E-state index is 12.6. The van der Waals surface area contributed by atoms with Crippen molar-refractivity contribution in [1.82, 2.24) is 9.55 Å². The number of fused-ring (bicyclic) bond motifs is 1. The Balaban J connectivity index is 1.85. The highest BCUT2D eigenvalue weighted by Crippen LogP contribution is 2.18. The second kappa shape index (κ2) is 8.26. The highest BCUT2D eigenvalue weighted by atomic mass is 16.5. The van der Waals surface area contributed by atoms with Crippen LogP contribution in [0.15, 0.2) is 41.2 Å². The Morgan fingerprint density at radius 3 is 2.52 bits per heavy atom. The van der Waals surface area contributed by atoms with Crippen molar-refractivity contribution in [3.05, 3.63) is 69.1 Å². The quantitative estimate of drug-likeness (QED) is 0.673. The van der Waals surface area contributed by atoms with E-state index < -0.39 is 5.97 Å². The molecule has 0 saturated heterocycles. The SMILES string of the molecule is COC(=O)c1ccccc1NC(=O)CCn1c(=O)c(C)nc2cc(C)c(C)cc21. The summed E-state index contributed by atoms with van der Waals surface area (Å²) in [5.74, 6) is -0.835. The Morgan fingerprint density at radius 2 is 1.79 bits per heavy atom. The van der Waals surface area contributed by atoms with Gasteiger partial charge in [-0.2, -0.15) is 0 Å². The molecule has 2 aromatic carbocycles. The molecular weight excluding hydrogens is 370 g/mol. The van der Waals surface area contributed by atoms with Crippen LogP contribution in [0.25, 0.3) is 11.0 Å². The van der Waals surface area contributed by atoms with Gasteiger partial charge < -0.3 is 14.6 Å². The van der Waals surface area contributed by atoms with Gasteiger partial charge in [0.2, 0.25) is 5.91 Å². The van der Waals surface area contributed by atoms with Crippen molar-refractivity contribution in [2.75, 3.05) is 12.4 Å². The maximum Gasteiger partial charge on any atom is 0.339 e. The maximum absolute atomic E-state index is 12.6. The number of aryl methyl sites for hydroxylation is 4. The number of rotatable bonds is 5. The first kappa shape index (κ1) is 20.3. The van der Waals surface area contributed by atoms with E-state index in [4.69, 9.17) is 4.74 Å². The van der Waals surface area contributed by atoms with Gasteiger partial charge in [0.15, 0.2) is 0 Å². The number of methoxy groups -OCH3 is 1. The molecule has 0 bridgehead atoms. The molecule has 0 radical (unpaired) electrons. The van der Waals surface area contributed by atoms with E-state index >= 15 is 0 Å². The average molecular weight is 393 g/mol. The fourth-order valence-corrected chi connectivity index (χ4v) is 3.15. The summed E-state index contributed by atoms with van der Waals surface area (Å²) in [7, 11) is 1.29. The lowest BCUT2D eigenvalue weighted by Gasteiger charge is -2.13. The summed E-state index contributed by atoms with van der Waals surface area (Å²) < 4.78 is 6.32. The summed E-state index contributed by atoms with van der Waals surface area (Å²) in [6.45, 7) is 5.83. The minimum absolute atomic E-state index is 0.0703. The lowest BCUT2D eigenvalue weighted by molar-refractivity contribution is -0.116. The fraction of sp³-hybridized carbons (Fsp3) is 0.273. The molecule has 7 nitrogen and oxygen atoms in total. The van der Waals surface area contributed by atoms with Crippen molar-refractivity contribution < 1.29 is 14.3 Å². The summed E-state index contributed by atoms with van der Waals surface area (Å²) in [5, 5.41) is 2.73. The number of esters is 1. The number of anilines is 1. The number of hydrogen-bond acceptors (Lipinski definition) is 5. The summed E-state index contributed by atoms with van der Waals surface area (Å²) in [6, 6.07) is 10.5. The minimum Gasteiger partial charge on any atom is -0.465 e. The van der Waals surface area contributed by atoms with E-state index in [9.17, 15) is 14.4 Å². The molecule has 1 N–H and O–H groups in total. The first-order valence-corrected chi connectivity index (χ1v) is 9.27. The van der Waals surface area contributed by atoms with Gasteiger partial charge in [-0.05, 0) is 56.2 Å². The largest absolute Gasteiger partial charge is 0.465 e. The van der Waals surface area contributed by atoms with Crippen LogP contribution in [0.1, 0.15) is 33.6 Å². The number of ether oxygens (including phenoxy) is 1. The van der Waals surface area contributed by atoms with Crippen molar-refractivity contribution in [3.63, 3.8) is 0 Å². The zero-order valence-electron chi connectivity index (χ0n) is 16.9. The van der Waals surface area contributed by atoms with Gasteiger partial charge in [-0.3, -0.25) is 9.59 Å². The van der Waals surface area contributed by atoms with Crippen molar-refractivity contribution >= 4 is 28.6 Å². The lowest BCUT2D eigenvalue weighted by atomic mass is 10.1. The number of benzene rings is 2. The van der Waals surface area contributed by atoms with E-state index in [1.807, 2.05) is 26.0 Å². The molecule has 0 aliphatic heterocycles. The summed E-state index contributed by atoms with van der Waals surface area (Å²) in [4.78, 5) is 41.4. The minimum atomic E-state index is -0.529. The zero-order chi connectivity index (χ0) is 21.1. The smallest absolute Gasteiger partial charge is 0.339 e. The average Bonchev–Trinajstić information content (AvgIpc) is 2.70. The molecule has 3 aromatic rings. The molecule has 7 heteroatoms. The van der Waals surface area contributed by atoms with Crippen LogP contribution in [0.3, 0.4) is 0 Å². The Bertz CT molecular complexity index is 1160. The van der Waals surface area contributed by atoms with Gasteiger partial charge in [-0.25, -0.2) is 9.78 Å². The molecule has 3 rings (SSSR count). The van der Waals surface area contributed by atoms with Gasteiger partial charge >= 0.3 is 5.97 Å². The predicted molar refractivity (Wildman–Crippen MR) is 111 cm³/mol. The van der Waals surface area contributed by atoms with Crippen LogP contribution >= 0.6 is 0 Å². The Hall–Kier alpha value is -3.48. The van der Waals surface area contributed by atoms with E-state index in [1.54, 1.807) is 35.8 Å². The standard InChI is InChI=1S/C22H23N3O4/c1-13-11-18-19(12-14(13)2)25(21(27)15(3)23-18)10-9-20(26)24-17-8-6-5-7-16(17)22(28)29-4/h5-8,11-12H,9-10H2,1-4H3,(H,24,26). The van der Waals surface area contributed by atoms with Crippen LogP contribution in [-0.2, 0) is 16.1 Å². The second-order valence-electron chi connectivity index (χ2n) is 6.91. The molecule has 0 unspecified atom stereocenters. The third kappa shape index (κ3) is 4.18. The van der Waals surface area contributed by atoms with Crippen molar-refractivity contribution in [1.29, 1.82) is 0 Å². The molecule has 0 atom stereocenters. The third-order valence-corrected chi connectivity index (χ3v) is 4.89. The molecule has 1 amide bonds. The van der Waals surface area contributed by atoms with Crippen LogP contribution in [-0.4, -0.2) is 28.5 Å². The fourth-order valence-electron chi connectivity index (χ4n) is 3.15. The van der Waals surface area contributed by atoms with Crippen molar-refractivity contribution in [2.24, 2.45) is 0 Å². The number of hydrogen-bond donors (Lipinski definition) is 1. The molecule has 0 aliphatic rings. The molecule has 0 spiro atoms. The molecule has 29 heavy (non-hydrogen) atoms. The van der Waals surface area contributed by atoms with Gasteiger partial charge in [0.25, 0.3) is 5.56 Å². The predicted octanol–water partition coefficient (Wildman–Crippen LogP) is 3.14. The number of nitrogens with zero attached hydrogens (tertiary/aromatic N) is 2. The molecule has 1 heterocycles. The monoisotopic (exact) mass is 393 g/mol. The van der Waals surface area contributed by atoms with Gasteiger partial charge in [0.1, 0.15) is 5.69 Å². The number of amides is 1. The lowest BCUT2D eigenvalue weighted by Crippen LogP contribution is -2.26. The van der Waals surface area contributed by atoms with Crippen LogP contribution < -0.4 is 10.9 Å². The van der Waals surface area contributed by atoms with Crippen LogP contribution in [0.5, 0.6) is 0 Å². The second-order valence-corrected chi connectivity index (χ2v) is 6.91. The normalized spacial score (nSPS) is 10.8. The molecule has 0 aliphatic carbocycles. The number of carbonyl (C=O) groups excluding carboxylic acids is 2. The van der Waals surface area contributed by atoms with E-state index in [1.165, 1.54) is 7.11 Å². The molecule has 0 fully saturated rings. The molecule has 1 aromatic heterocycles. The van der Waals surface area contributed by atoms with Crippen LogP contribution in [0.2, 0.25) is 0 Å². The molecular formula is C22H23N3O4. The Morgan fingerprint density at radius 1 is 1.10 bits per heavy atom. The van der Waals surface area contributed by atoms with E-state index in [2.05, 4.69) is 10.3 Å². The number of aromatic nitrogens is 2. The first-order chi connectivity index (χ1) is 13.8. The van der Waals surface area contributed by atoms with Crippen molar-refractivity contribution in [3.8, 4) is 0 Å². The topological polar surface area (TPSA) is 90.3 Å². The third-order valence-electron chi connectivity index (χ3n) is 4.89. The van der Waals surface area contributed by atoms with Crippen LogP contribution in [0, 0.1) is 20.8 Å².